The Morgan fingerprint density at radius 2 is 2.33 bits per heavy atom. The van der Waals surface area contributed by atoms with Crippen LogP contribution in [-0.2, 0) is 0 Å². The van der Waals surface area contributed by atoms with Crippen LogP contribution in [0.2, 0.25) is 0 Å². The molecule has 68 valence electrons. The predicted molar refractivity (Wildman–Crippen MR) is 54.7 cm³/mol. The van der Waals surface area contributed by atoms with E-state index in [9.17, 15) is 0 Å². The Kier molecular flexibility index (Phi) is 3.51. The zero-order chi connectivity index (χ0) is 8.97. The number of hydrogen-bond donors (Lipinski definition) is 0. The molecule has 0 amide bonds. The molecular formula is C11H19N. The first kappa shape index (κ1) is 9.50. The fraction of sp³-hybridized carbons (Fsp3) is 0.727. The lowest BCUT2D eigenvalue weighted by Crippen LogP contribution is -2.10. The standard InChI is InChI=1S/C11H19N/c1-4-5-11-7-6-10(8-12-11)9(2)3/h6,8-9,11H,4-5,7H2,1-3H3. The topological polar surface area (TPSA) is 12.4 Å². The molecule has 0 saturated heterocycles. The van der Waals surface area contributed by atoms with Crippen LogP contribution in [0.3, 0.4) is 0 Å². The maximum Gasteiger partial charge on any atom is 0.0534 e. The molecule has 1 heterocycles. The summed E-state index contributed by atoms with van der Waals surface area (Å²) in [6.45, 7) is 6.66. The van der Waals surface area contributed by atoms with Crippen molar-refractivity contribution in [3.8, 4) is 0 Å². The lowest BCUT2D eigenvalue weighted by atomic mass is 9.97. The number of hydrogen-bond acceptors (Lipinski definition) is 1. The van der Waals surface area contributed by atoms with Gasteiger partial charge in [0.25, 0.3) is 0 Å². The molecule has 0 aliphatic carbocycles. The van der Waals surface area contributed by atoms with Crippen molar-refractivity contribution in [2.75, 3.05) is 0 Å². The Morgan fingerprint density at radius 1 is 1.58 bits per heavy atom. The highest BCUT2D eigenvalue weighted by atomic mass is 14.8. The van der Waals surface area contributed by atoms with Crippen molar-refractivity contribution in [3.63, 3.8) is 0 Å². The molecular weight excluding hydrogens is 146 g/mol. The minimum atomic E-state index is 0.567. The Bertz CT molecular complexity index is 189. The Labute approximate surface area is 75.6 Å². The summed E-state index contributed by atoms with van der Waals surface area (Å²) in [7, 11) is 0. The lowest BCUT2D eigenvalue weighted by molar-refractivity contribution is 0.603. The summed E-state index contributed by atoms with van der Waals surface area (Å²) in [5.41, 5.74) is 1.40. The van der Waals surface area contributed by atoms with Crippen molar-refractivity contribution in [2.45, 2.75) is 46.1 Å². The van der Waals surface area contributed by atoms with E-state index >= 15 is 0 Å². The molecule has 0 spiro atoms. The Balaban J connectivity index is 2.44. The van der Waals surface area contributed by atoms with Gasteiger partial charge in [-0.25, -0.2) is 0 Å². The number of allylic oxidation sites excluding steroid dienone is 1. The first-order valence-corrected chi connectivity index (χ1v) is 4.97. The van der Waals surface area contributed by atoms with Gasteiger partial charge in [0, 0.05) is 6.21 Å². The summed E-state index contributed by atoms with van der Waals surface area (Å²) in [6, 6.07) is 0.567. The van der Waals surface area contributed by atoms with Gasteiger partial charge in [0.15, 0.2) is 0 Å². The van der Waals surface area contributed by atoms with Gasteiger partial charge in [-0.1, -0.05) is 33.3 Å². The summed E-state index contributed by atoms with van der Waals surface area (Å²) in [5.74, 6) is 0.635. The van der Waals surface area contributed by atoms with E-state index in [-0.39, 0.29) is 0 Å². The van der Waals surface area contributed by atoms with Gasteiger partial charge in [-0.05, 0) is 24.3 Å². The molecule has 0 aromatic heterocycles. The fourth-order valence-electron chi connectivity index (χ4n) is 1.49. The van der Waals surface area contributed by atoms with E-state index < -0.39 is 0 Å². The highest BCUT2D eigenvalue weighted by molar-refractivity contribution is 5.80. The van der Waals surface area contributed by atoms with Crippen LogP contribution in [0.5, 0.6) is 0 Å². The molecule has 0 N–H and O–H groups in total. The normalized spacial score (nSPS) is 23.0. The molecule has 12 heavy (non-hydrogen) atoms. The van der Waals surface area contributed by atoms with Crippen LogP contribution in [0.15, 0.2) is 16.6 Å². The highest BCUT2D eigenvalue weighted by Gasteiger charge is 2.10. The van der Waals surface area contributed by atoms with E-state index in [0.717, 1.165) is 6.42 Å². The zero-order valence-corrected chi connectivity index (χ0v) is 8.38. The summed E-state index contributed by atoms with van der Waals surface area (Å²) in [4.78, 5) is 4.53. The van der Waals surface area contributed by atoms with Crippen LogP contribution in [-0.4, -0.2) is 12.3 Å². The third-order valence-electron chi connectivity index (χ3n) is 2.35. The molecule has 1 aliphatic heterocycles. The minimum absolute atomic E-state index is 0.567. The Morgan fingerprint density at radius 3 is 2.75 bits per heavy atom. The zero-order valence-electron chi connectivity index (χ0n) is 8.38. The van der Waals surface area contributed by atoms with Crippen LogP contribution in [0.1, 0.15) is 40.0 Å². The second kappa shape index (κ2) is 4.44. The lowest BCUT2D eigenvalue weighted by Gasteiger charge is -2.16. The van der Waals surface area contributed by atoms with Gasteiger partial charge in [0.05, 0.1) is 6.04 Å². The van der Waals surface area contributed by atoms with E-state index in [1.807, 2.05) is 0 Å². The maximum atomic E-state index is 4.53. The van der Waals surface area contributed by atoms with Gasteiger partial charge in [0.2, 0.25) is 0 Å². The van der Waals surface area contributed by atoms with E-state index in [0.29, 0.717) is 12.0 Å². The van der Waals surface area contributed by atoms with Crippen molar-refractivity contribution in [1.82, 2.24) is 0 Å². The average molecular weight is 165 g/mol. The number of nitrogens with zero attached hydrogens (tertiary/aromatic N) is 1. The number of rotatable bonds is 3. The molecule has 0 radical (unpaired) electrons. The second-order valence-corrected chi connectivity index (χ2v) is 3.82. The van der Waals surface area contributed by atoms with Crippen LogP contribution in [0, 0.1) is 5.92 Å². The van der Waals surface area contributed by atoms with Gasteiger partial charge >= 0.3 is 0 Å². The third-order valence-corrected chi connectivity index (χ3v) is 2.35. The molecule has 1 aliphatic rings. The van der Waals surface area contributed by atoms with Crippen LogP contribution in [0.4, 0.5) is 0 Å². The smallest absolute Gasteiger partial charge is 0.0534 e. The molecule has 0 aromatic rings. The van der Waals surface area contributed by atoms with E-state index in [2.05, 4.69) is 38.1 Å². The van der Waals surface area contributed by atoms with Crippen LogP contribution < -0.4 is 0 Å². The van der Waals surface area contributed by atoms with E-state index in [1.165, 1.54) is 18.4 Å². The molecule has 0 fully saturated rings. The van der Waals surface area contributed by atoms with Crippen molar-refractivity contribution < 1.29 is 0 Å². The van der Waals surface area contributed by atoms with Crippen LogP contribution in [0.25, 0.3) is 0 Å². The molecule has 1 unspecified atom stereocenters. The fourth-order valence-corrected chi connectivity index (χ4v) is 1.49. The number of aliphatic imine (C=N–C) groups is 1. The van der Waals surface area contributed by atoms with Gasteiger partial charge < -0.3 is 0 Å². The average Bonchev–Trinajstić information content (AvgIpc) is 2.06. The summed E-state index contributed by atoms with van der Waals surface area (Å²) in [6.07, 6.45) is 8.04. The van der Waals surface area contributed by atoms with Crippen molar-refractivity contribution >= 4 is 6.21 Å². The van der Waals surface area contributed by atoms with Gasteiger partial charge in [-0.3, -0.25) is 4.99 Å². The summed E-state index contributed by atoms with van der Waals surface area (Å²) >= 11 is 0. The van der Waals surface area contributed by atoms with Crippen LogP contribution >= 0.6 is 0 Å². The predicted octanol–water partition coefficient (Wildman–Crippen LogP) is 3.21. The molecule has 1 heteroatoms. The first-order chi connectivity index (χ1) is 5.74. The first-order valence-electron chi connectivity index (χ1n) is 4.97. The summed E-state index contributed by atoms with van der Waals surface area (Å²) < 4.78 is 0. The van der Waals surface area contributed by atoms with Crippen molar-refractivity contribution in [1.29, 1.82) is 0 Å². The SMILES string of the molecule is CCCC1CC=C(C(C)C)C=N1. The number of dihydropyridines is 1. The Hall–Kier alpha value is -0.590. The molecule has 0 aromatic carbocycles. The minimum Gasteiger partial charge on any atom is -0.289 e. The quantitative estimate of drug-likeness (QED) is 0.609. The molecule has 1 atom stereocenters. The largest absolute Gasteiger partial charge is 0.289 e. The molecule has 1 rings (SSSR count). The van der Waals surface area contributed by atoms with Gasteiger partial charge in [-0.15, -0.1) is 0 Å². The molecule has 0 bridgehead atoms. The summed E-state index contributed by atoms with van der Waals surface area (Å²) in [5, 5.41) is 0. The monoisotopic (exact) mass is 165 g/mol. The highest BCUT2D eigenvalue weighted by Crippen LogP contribution is 2.17. The van der Waals surface area contributed by atoms with E-state index in [1.54, 1.807) is 0 Å². The second-order valence-electron chi connectivity index (χ2n) is 3.82. The molecule has 0 saturated carbocycles. The third kappa shape index (κ3) is 2.47. The van der Waals surface area contributed by atoms with Crippen molar-refractivity contribution in [3.05, 3.63) is 11.6 Å². The van der Waals surface area contributed by atoms with Gasteiger partial charge in [0.1, 0.15) is 0 Å². The van der Waals surface area contributed by atoms with Crippen molar-refractivity contribution in [2.24, 2.45) is 10.9 Å². The maximum absolute atomic E-state index is 4.53. The van der Waals surface area contributed by atoms with Gasteiger partial charge in [-0.2, -0.15) is 0 Å². The molecule has 1 nitrogen and oxygen atoms in total. The van der Waals surface area contributed by atoms with E-state index in [4.69, 9.17) is 0 Å².